The second-order valence-electron chi connectivity index (χ2n) is 15.1. The Bertz CT molecular complexity index is 1440. The maximum absolute atomic E-state index is 14.8. The minimum atomic E-state index is -1.23. The van der Waals surface area contributed by atoms with Crippen LogP contribution in [0.3, 0.4) is 0 Å². The number of carbonyl (C=O) groups excluding carboxylic acids is 5. The minimum absolute atomic E-state index is 0.102. The Morgan fingerprint density at radius 2 is 1.35 bits per heavy atom. The lowest BCUT2D eigenvalue weighted by Crippen LogP contribution is -2.55. The Morgan fingerprint density at radius 1 is 0.765 bits per heavy atom. The first-order valence-corrected chi connectivity index (χ1v) is 18.0. The van der Waals surface area contributed by atoms with Crippen molar-refractivity contribution in [3.8, 4) is 0 Å². The number of unbranched alkanes of at least 4 members (excludes halogenated alkanes) is 4. The number of ether oxygens (including phenoxy) is 2. The van der Waals surface area contributed by atoms with Crippen LogP contribution in [0.1, 0.15) is 122 Å². The molecule has 0 bridgehead atoms. The van der Waals surface area contributed by atoms with Gasteiger partial charge in [0.2, 0.25) is 17.7 Å². The largest absolute Gasteiger partial charge is 0.458 e. The van der Waals surface area contributed by atoms with Crippen molar-refractivity contribution in [2.45, 2.75) is 143 Å². The van der Waals surface area contributed by atoms with Gasteiger partial charge in [0.25, 0.3) is 0 Å². The third-order valence-corrected chi connectivity index (χ3v) is 8.12. The molecular formula is C40H60N4O7. The van der Waals surface area contributed by atoms with Gasteiger partial charge in [-0.1, -0.05) is 81.1 Å². The van der Waals surface area contributed by atoms with Gasteiger partial charge < -0.3 is 30.7 Å². The molecule has 4 amide bonds. The Balaban J connectivity index is 2.71. The SMILES string of the molecule is CCCCCCCN(C(=O)C(CCC(N)=O)NC(=O)OC(C)(C)C)C(C(=O)NC(Cc1ccccc1)C(=O)OC(C)(C)C)c1c(C)cccc1C. The van der Waals surface area contributed by atoms with Crippen LogP contribution in [-0.2, 0) is 35.1 Å². The van der Waals surface area contributed by atoms with Crippen molar-refractivity contribution in [3.05, 3.63) is 70.8 Å². The lowest BCUT2D eigenvalue weighted by atomic mass is 9.92. The number of esters is 1. The number of rotatable bonds is 18. The number of nitrogens with one attached hydrogen (secondary N) is 2. The molecule has 2 aromatic rings. The van der Waals surface area contributed by atoms with Gasteiger partial charge in [0.05, 0.1) is 0 Å². The number of carbonyl (C=O) groups is 5. The first-order valence-electron chi connectivity index (χ1n) is 18.0. The quantitative estimate of drug-likeness (QED) is 0.120. The molecule has 3 atom stereocenters. The summed E-state index contributed by atoms with van der Waals surface area (Å²) in [5.74, 6) is -2.40. The summed E-state index contributed by atoms with van der Waals surface area (Å²) in [5, 5.41) is 5.60. The van der Waals surface area contributed by atoms with Crippen molar-refractivity contribution >= 4 is 29.8 Å². The predicted molar refractivity (Wildman–Crippen MR) is 199 cm³/mol. The summed E-state index contributed by atoms with van der Waals surface area (Å²) in [6.45, 7) is 16.4. The number of amides is 4. The summed E-state index contributed by atoms with van der Waals surface area (Å²) >= 11 is 0. The van der Waals surface area contributed by atoms with E-state index < -0.39 is 59.1 Å². The van der Waals surface area contributed by atoms with E-state index in [9.17, 15) is 24.0 Å². The van der Waals surface area contributed by atoms with Gasteiger partial charge in [0.1, 0.15) is 29.3 Å². The van der Waals surface area contributed by atoms with E-state index in [1.807, 2.05) is 62.4 Å². The molecule has 0 spiro atoms. The van der Waals surface area contributed by atoms with Crippen LogP contribution in [-0.4, -0.2) is 64.5 Å². The van der Waals surface area contributed by atoms with Crippen LogP contribution in [0.25, 0.3) is 0 Å². The topological polar surface area (TPSA) is 157 Å². The second-order valence-corrected chi connectivity index (χ2v) is 15.1. The molecule has 2 rings (SSSR count). The Kier molecular flexibility index (Phi) is 16.6. The number of benzene rings is 2. The highest BCUT2D eigenvalue weighted by Gasteiger charge is 2.39. The van der Waals surface area contributed by atoms with E-state index >= 15 is 0 Å². The molecule has 0 aliphatic rings. The van der Waals surface area contributed by atoms with E-state index in [2.05, 4.69) is 17.6 Å². The van der Waals surface area contributed by atoms with Crippen LogP contribution in [0.5, 0.6) is 0 Å². The maximum atomic E-state index is 14.8. The molecule has 0 radical (unpaired) electrons. The van der Waals surface area contributed by atoms with Crippen molar-refractivity contribution < 1.29 is 33.4 Å². The summed E-state index contributed by atoms with van der Waals surface area (Å²) in [5.41, 5.74) is 6.78. The predicted octanol–water partition coefficient (Wildman–Crippen LogP) is 6.37. The van der Waals surface area contributed by atoms with E-state index in [1.54, 1.807) is 41.5 Å². The first kappa shape index (κ1) is 42.8. The molecule has 51 heavy (non-hydrogen) atoms. The van der Waals surface area contributed by atoms with Crippen molar-refractivity contribution in [1.82, 2.24) is 15.5 Å². The number of hydrogen-bond acceptors (Lipinski definition) is 7. The fraction of sp³-hybridized carbons (Fsp3) is 0.575. The van der Waals surface area contributed by atoms with E-state index in [0.717, 1.165) is 42.4 Å². The highest BCUT2D eigenvalue weighted by Crippen LogP contribution is 2.30. The van der Waals surface area contributed by atoms with Crippen LogP contribution in [0.4, 0.5) is 4.79 Å². The fourth-order valence-corrected chi connectivity index (χ4v) is 5.80. The number of alkyl carbamates (subject to hydrolysis) is 1. The highest BCUT2D eigenvalue weighted by atomic mass is 16.6. The van der Waals surface area contributed by atoms with Crippen molar-refractivity contribution in [1.29, 1.82) is 0 Å². The summed E-state index contributed by atoms with van der Waals surface area (Å²) in [6, 6.07) is 11.4. The van der Waals surface area contributed by atoms with Gasteiger partial charge in [0, 0.05) is 19.4 Å². The number of aryl methyl sites for hydroxylation is 2. The van der Waals surface area contributed by atoms with Crippen LogP contribution in [0.15, 0.2) is 48.5 Å². The lowest BCUT2D eigenvalue weighted by molar-refractivity contribution is -0.159. The molecule has 2 aromatic carbocycles. The van der Waals surface area contributed by atoms with Crippen molar-refractivity contribution in [3.63, 3.8) is 0 Å². The lowest BCUT2D eigenvalue weighted by Gasteiger charge is -2.36. The van der Waals surface area contributed by atoms with E-state index in [0.29, 0.717) is 12.0 Å². The number of primary amides is 1. The molecule has 4 N–H and O–H groups in total. The smallest absolute Gasteiger partial charge is 0.408 e. The van der Waals surface area contributed by atoms with Gasteiger partial charge >= 0.3 is 12.1 Å². The zero-order chi connectivity index (χ0) is 38.4. The Morgan fingerprint density at radius 3 is 1.90 bits per heavy atom. The molecule has 0 aliphatic carbocycles. The molecule has 0 fully saturated rings. The molecule has 0 heterocycles. The third kappa shape index (κ3) is 15.2. The van der Waals surface area contributed by atoms with Crippen LogP contribution in [0.2, 0.25) is 0 Å². The van der Waals surface area contributed by atoms with Crippen molar-refractivity contribution in [2.75, 3.05) is 6.54 Å². The summed E-state index contributed by atoms with van der Waals surface area (Å²) in [6.07, 6.45) is 3.41. The monoisotopic (exact) mass is 708 g/mol. The van der Waals surface area contributed by atoms with Gasteiger partial charge in [-0.15, -0.1) is 0 Å². The van der Waals surface area contributed by atoms with Crippen molar-refractivity contribution in [2.24, 2.45) is 5.73 Å². The molecule has 0 aromatic heterocycles. The highest BCUT2D eigenvalue weighted by molar-refractivity contribution is 5.94. The molecule has 11 nitrogen and oxygen atoms in total. The molecule has 0 saturated heterocycles. The minimum Gasteiger partial charge on any atom is -0.458 e. The summed E-state index contributed by atoms with van der Waals surface area (Å²) in [7, 11) is 0. The zero-order valence-corrected chi connectivity index (χ0v) is 32.1. The Labute approximate surface area is 304 Å². The Hall–Kier alpha value is -4.41. The zero-order valence-electron chi connectivity index (χ0n) is 32.1. The maximum Gasteiger partial charge on any atom is 0.408 e. The summed E-state index contributed by atoms with van der Waals surface area (Å²) < 4.78 is 11.2. The van der Waals surface area contributed by atoms with Crippen LogP contribution in [0, 0.1) is 13.8 Å². The molecule has 0 aliphatic heterocycles. The average Bonchev–Trinajstić information content (AvgIpc) is 3.01. The standard InChI is InChI=1S/C40H60N4O7/c1-10-11-12-13-17-25-44(36(47)30(23-24-32(41)45)43-38(49)51-40(7,8)9)34(33-27(2)19-18-20-28(33)3)35(46)42-31(37(48)50-39(4,5)6)26-29-21-15-14-16-22-29/h14-16,18-22,30-31,34H,10-13,17,23-26H2,1-9H3,(H2,41,45)(H,42,46)(H,43,49). The van der Waals surface area contributed by atoms with Gasteiger partial charge in [-0.2, -0.15) is 0 Å². The third-order valence-electron chi connectivity index (χ3n) is 8.12. The van der Waals surface area contributed by atoms with Crippen LogP contribution >= 0.6 is 0 Å². The van der Waals surface area contributed by atoms with E-state index in [1.165, 1.54) is 4.90 Å². The fourth-order valence-electron chi connectivity index (χ4n) is 5.80. The van der Waals surface area contributed by atoms with Gasteiger partial charge in [0.15, 0.2) is 0 Å². The normalized spacial score (nSPS) is 13.4. The number of hydrogen-bond donors (Lipinski definition) is 3. The first-order chi connectivity index (χ1) is 23.8. The second kappa shape index (κ2) is 19.8. The number of nitrogens with zero attached hydrogens (tertiary/aromatic N) is 1. The molecule has 0 saturated carbocycles. The van der Waals surface area contributed by atoms with Gasteiger partial charge in [-0.3, -0.25) is 14.4 Å². The summed E-state index contributed by atoms with van der Waals surface area (Å²) in [4.78, 5) is 69.6. The molecule has 11 heteroatoms. The molecular weight excluding hydrogens is 648 g/mol. The van der Waals surface area contributed by atoms with Crippen LogP contribution < -0.4 is 16.4 Å². The van der Waals surface area contributed by atoms with E-state index in [-0.39, 0.29) is 25.8 Å². The van der Waals surface area contributed by atoms with Gasteiger partial charge in [-0.05, 0) is 90.5 Å². The number of nitrogens with two attached hydrogens (primary N) is 1. The molecule has 3 unspecified atom stereocenters. The molecule has 282 valence electrons. The van der Waals surface area contributed by atoms with Gasteiger partial charge in [-0.25, -0.2) is 9.59 Å². The average molecular weight is 709 g/mol. The van der Waals surface area contributed by atoms with E-state index in [4.69, 9.17) is 15.2 Å².